The van der Waals surface area contributed by atoms with Gasteiger partial charge in [-0.05, 0) is 42.0 Å². The number of benzene rings is 3. The van der Waals surface area contributed by atoms with Crippen LogP contribution in [0.25, 0.3) is 22.2 Å². The van der Waals surface area contributed by atoms with Crippen molar-refractivity contribution in [2.45, 2.75) is 12.0 Å². The number of aromatic nitrogens is 1. The van der Waals surface area contributed by atoms with Crippen LogP contribution in [0.15, 0.2) is 78.9 Å². The molecule has 1 saturated heterocycles. The fraction of sp³-hybridized carbons (Fsp3) is 0.241. The number of methoxy groups -OCH3 is 1. The molecule has 4 aromatic rings. The van der Waals surface area contributed by atoms with Crippen LogP contribution in [0.1, 0.15) is 11.5 Å². The summed E-state index contributed by atoms with van der Waals surface area (Å²) >= 11 is 0. The number of carbonyl (C=O) groups is 1. The van der Waals surface area contributed by atoms with Crippen LogP contribution >= 0.6 is 0 Å². The van der Waals surface area contributed by atoms with Crippen LogP contribution < -0.4 is 10.6 Å². The van der Waals surface area contributed by atoms with Gasteiger partial charge in [0.2, 0.25) is 0 Å². The summed E-state index contributed by atoms with van der Waals surface area (Å²) in [6.07, 6.45) is 0. The highest BCUT2D eigenvalue weighted by atomic mass is 19.1. The van der Waals surface area contributed by atoms with Gasteiger partial charge in [-0.3, -0.25) is 4.90 Å². The van der Waals surface area contributed by atoms with Gasteiger partial charge in [0.15, 0.2) is 0 Å². The highest BCUT2D eigenvalue weighted by Crippen LogP contribution is 2.31. The van der Waals surface area contributed by atoms with Crippen LogP contribution in [0.5, 0.6) is 0 Å². The second-order valence-corrected chi connectivity index (χ2v) is 9.21. The topological polar surface area (TPSA) is 66.5 Å². The molecule has 3 aromatic carbocycles. The Morgan fingerprint density at radius 1 is 1.00 bits per heavy atom. The second-order valence-electron chi connectivity index (χ2n) is 9.21. The van der Waals surface area contributed by atoms with Crippen LogP contribution in [0.2, 0.25) is 0 Å². The molecule has 2 heterocycles. The second kappa shape index (κ2) is 11.0. The summed E-state index contributed by atoms with van der Waals surface area (Å²) in [7, 11) is 1.65. The maximum absolute atomic E-state index is 14.0. The van der Waals surface area contributed by atoms with Gasteiger partial charge in [0, 0.05) is 43.6 Å². The number of urea groups is 1. The van der Waals surface area contributed by atoms with Gasteiger partial charge in [0.1, 0.15) is 11.6 Å². The minimum absolute atomic E-state index is 0.0873. The van der Waals surface area contributed by atoms with E-state index in [4.69, 9.17) is 9.72 Å². The number of hydrogen-bond donors (Lipinski definition) is 2. The Morgan fingerprint density at radius 2 is 1.81 bits per heavy atom. The molecular weight excluding hydrogens is 474 g/mol. The van der Waals surface area contributed by atoms with Crippen molar-refractivity contribution in [3.8, 4) is 11.3 Å². The molecule has 5 rings (SSSR count). The highest BCUT2D eigenvalue weighted by Gasteiger charge is 2.35. The van der Waals surface area contributed by atoms with E-state index in [2.05, 4.69) is 15.5 Å². The molecule has 1 aliphatic rings. The lowest BCUT2D eigenvalue weighted by Gasteiger charge is -2.21. The van der Waals surface area contributed by atoms with E-state index < -0.39 is 6.03 Å². The monoisotopic (exact) mass is 502 g/mol. The first-order valence-electron chi connectivity index (χ1n) is 12.2. The fourth-order valence-corrected chi connectivity index (χ4v) is 4.89. The van der Waals surface area contributed by atoms with Gasteiger partial charge in [-0.25, -0.2) is 18.6 Å². The summed E-state index contributed by atoms with van der Waals surface area (Å²) in [4.78, 5) is 20.2. The number of nitrogens with one attached hydrogen (secondary N) is 2. The Balaban J connectivity index is 1.42. The van der Waals surface area contributed by atoms with Crippen molar-refractivity contribution in [2.24, 2.45) is 0 Å². The van der Waals surface area contributed by atoms with Crippen molar-refractivity contribution < 1.29 is 18.3 Å². The van der Waals surface area contributed by atoms with Gasteiger partial charge < -0.3 is 15.4 Å². The van der Waals surface area contributed by atoms with Crippen molar-refractivity contribution in [3.05, 3.63) is 96.1 Å². The number of rotatable bonds is 7. The summed E-state index contributed by atoms with van der Waals surface area (Å²) in [5, 5.41) is 6.60. The van der Waals surface area contributed by atoms with Crippen LogP contribution in [-0.4, -0.2) is 55.3 Å². The number of anilines is 1. The van der Waals surface area contributed by atoms with E-state index in [0.29, 0.717) is 48.5 Å². The Hall–Kier alpha value is -3.88. The van der Waals surface area contributed by atoms with Gasteiger partial charge in [0.25, 0.3) is 0 Å². The van der Waals surface area contributed by atoms with E-state index in [9.17, 15) is 13.6 Å². The first-order valence-corrected chi connectivity index (χ1v) is 12.2. The molecule has 0 spiro atoms. The average molecular weight is 503 g/mol. The molecule has 190 valence electrons. The normalized spacial score (nSPS) is 17.7. The van der Waals surface area contributed by atoms with Crippen LogP contribution in [0, 0.1) is 11.6 Å². The van der Waals surface area contributed by atoms with Crippen LogP contribution in [0.3, 0.4) is 0 Å². The van der Waals surface area contributed by atoms with E-state index in [1.807, 2.05) is 36.4 Å². The molecule has 1 fully saturated rings. The lowest BCUT2D eigenvalue weighted by atomic mass is 9.94. The predicted octanol–water partition coefficient (Wildman–Crippen LogP) is 5.42. The lowest BCUT2D eigenvalue weighted by Crippen LogP contribution is -2.42. The number of hydrogen-bond acceptors (Lipinski definition) is 4. The van der Waals surface area contributed by atoms with Crippen molar-refractivity contribution in [3.63, 3.8) is 0 Å². The van der Waals surface area contributed by atoms with E-state index in [-0.39, 0.29) is 23.6 Å². The molecule has 0 unspecified atom stereocenters. The fourth-order valence-electron chi connectivity index (χ4n) is 4.89. The maximum Gasteiger partial charge on any atom is 0.319 e. The molecule has 2 N–H and O–H groups in total. The zero-order chi connectivity index (χ0) is 25.8. The minimum Gasteiger partial charge on any atom is -0.383 e. The number of ether oxygens (including phenoxy) is 1. The molecule has 6 nitrogen and oxygen atoms in total. The van der Waals surface area contributed by atoms with Gasteiger partial charge in [-0.2, -0.15) is 0 Å². The van der Waals surface area contributed by atoms with E-state index >= 15 is 0 Å². The van der Waals surface area contributed by atoms with Crippen LogP contribution in [0.4, 0.5) is 19.3 Å². The smallest absolute Gasteiger partial charge is 0.319 e. The molecule has 2 amide bonds. The molecule has 0 aliphatic carbocycles. The molecule has 0 bridgehead atoms. The third kappa shape index (κ3) is 5.76. The molecule has 0 radical (unpaired) electrons. The molecule has 1 aliphatic heterocycles. The number of fused-ring (bicyclic) bond motifs is 1. The zero-order valence-electron chi connectivity index (χ0n) is 20.5. The van der Waals surface area contributed by atoms with E-state index in [0.717, 1.165) is 11.1 Å². The Labute approximate surface area is 214 Å². The van der Waals surface area contributed by atoms with E-state index in [1.54, 1.807) is 25.3 Å². The summed E-state index contributed by atoms with van der Waals surface area (Å²) in [6, 6.07) is 21.5. The molecule has 37 heavy (non-hydrogen) atoms. The van der Waals surface area contributed by atoms with Crippen molar-refractivity contribution in [1.29, 1.82) is 0 Å². The third-order valence-electron chi connectivity index (χ3n) is 6.67. The maximum atomic E-state index is 14.0. The Morgan fingerprint density at radius 3 is 2.59 bits per heavy atom. The Kier molecular flexibility index (Phi) is 7.39. The average Bonchev–Trinajstić information content (AvgIpc) is 3.29. The standard InChI is InChI=1S/C29H28F2N4O2/c1-37-13-12-35-17-24(20-8-5-9-22(30)14-20)27(18-35)34-29(36)33-26-16-21-15-23(31)10-11-25(21)32-28(26)19-6-3-2-4-7-19/h2-11,14-16,24,27H,12-13,17-18H2,1H3,(H2,33,34,36)/t24-,27+/m0/s1. The minimum atomic E-state index is -0.408. The molecule has 2 atom stereocenters. The van der Waals surface area contributed by atoms with Crippen LogP contribution in [-0.2, 0) is 4.74 Å². The van der Waals surface area contributed by atoms with Gasteiger partial charge in [0.05, 0.1) is 29.5 Å². The molecular formula is C29H28F2N4O2. The summed E-state index contributed by atoms with van der Waals surface area (Å²) in [6.45, 7) is 2.55. The number of likely N-dealkylation sites (tertiary alicyclic amines) is 1. The first kappa shape index (κ1) is 24.8. The third-order valence-corrected chi connectivity index (χ3v) is 6.67. The number of amides is 2. The number of carbonyl (C=O) groups excluding carboxylic acids is 1. The summed E-state index contributed by atoms with van der Waals surface area (Å²) in [5.41, 5.74) is 3.34. The quantitative estimate of drug-likeness (QED) is 0.354. The SMILES string of the molecule is COCCN1C[C@@H](NC(=O)Nc2cc3cc(F)ccc3nc2-c2ccccc2)[C@H](c2cccc(F)c2)C1. The molecule has 8 heteroatoms. The number of halogens is 2. The van der Waals surface area contributed by atoms with Gasteiger partial charge in [-0.15, -0.1) is 0 Å². The number of pyridine rings is 1. The lowest BCUT2D eigenvalue weighted by molar-refractivity contribution is 0.159. The first-order chi connectivity index (χ1) is 18.0. The molecule has 0 saturated carbocycles. The Bertz CT molecular complexity index is 1400. The summed E-state index contributed by atoms with van der Waals surface area (Å²) < 4.78 is 33.1. The number of nitrogens with zero attached hydrogens (tertiary/aromatic N) is 2. The highest BCUT2D eigenvalue weighted by molar-refractivity contribution is 5.97. The van der Waals surface area contributed by atoms with E-state index in [1.165, 1.54) is 24.3 Å². The zero-order valence-corrected chi connectivity index (χ0v) is 20.5. The largest absolute Gasteiger partial charge is 0.383 e. The van der Waals surface area contributed by atoms with Gasteiger partial charge in [-0.1, -0.05) is 42.5 Å². The van der Waals surface area contributed by atoms with Crippen molar-refractivity contribution in [2.75, 3.05) is 38.7 Å². The predicted molar refractivity (Wildman–Crippen MR) is 141 cm³/mol. The summed E-state index contributed by atoms with van der Waals surface area (Å²) in [5.74, 6) is -0.772. The molecule has 1 aromatic heterocycles. The van der Waals surface area contributed by atoms with Crippen molar-refractivity contribution >= 4 is 22.6 Å². The van der Waals surface area contributed by atoms with Gasteiger partial charge >= 0.3 is 6.03 Å². The van der Waals surface area contributed by atoms with Crippen molar-refractivity contribution in [1.82, 2.24) is 15.2 Å².